The number of carboxylic acids is 1. The Bertz CT molecular complexity index is 1410. The number of rotatable bonds is 7. The Labute approximate surface area is 214 Å². The number of ether oxygens (including phenoxy) is 1. The molecule has 2 N–H and O–H groups in total. The Kier molecular flexibility index (Phi) is 7.23. The summed E-state index contributed by atoms with van der Waals surface area (Å²) < 4.78 is 30.9. The molecule has 1 aliphatic heterocycles. The van der Waals surface area contributed by atoms with E-state index in [0.717, 1.165) is 11.8 Å². The third-order valence-electron chi connectivity index (χ3n) is 6.12. The van der Waals surface area contributed by atoms with Crippen LogP contribution in [0.1, 0.15) is 34.8 Å². The van der Waals surface area contributed by atoms with Gasteiger partial charge in [-0.15, -0.1) is 0 Å². The zero-order valence-electron chi connectivity index (χ0n) is 19.6. The summed E-state index contributed by atoms with van der Waals surface area (Å²) in [7, 11) is -1.91. The van der Waals surface area contributed by atoms with E-state index < -0.39 is 34.0 Å². The molecule has 0 aromatic heterocycles. The van der Waals surface area contributed by atoms with Crippen LogP contribution in [0.5, 0.6) is 5.75 Å². The first-order valence-corrected chi connectivity index (χ1v) is 13.4. The Hall–Kier alpha value is -3.56. The number of benzene rings is 3. The maximum Gasteiger partial charge on any atom is 0.326 e. The van der Waals surface area contributed by atoms with E-state index in [9.17, 15) is 23.1 Å². The first kappa shape index (κ1) is 25.5. The number of nitrogens with zero attached hydrogens (tertiary/aromatic N) is 1. The van der Waals surface area contributed by atoms with Crippen molar-refractivity contribution in [2.45, 2.75) is 24.9 Å². The summed E-state index contributed by atoms with van der Waals surface area (Å²) in [5.41, 5.74) is 2.87. The highest BCUT2D eigenvalue weighted by Gasteiger charge is 2.42. The standard InChI is InChI=1S/C26H25ClN2O6S/c1-35-24-15-17(9-12-19(24)16-7-10-18(11-8-16)28-36(2,33)34)25(30)29-22(13-14-23(29)26(31)32)20-5-3-4-6-21(20)27/h3-12,15,22-23,28H,13-14H2,1-2H3,(H,31,32)/t22-,23+/m1/s1. The molecule has 0 spiro atoms. The number of hydrogen-bond donors (Lipinski definition) is 2. The highest BCUT2D eigenvalue weighted by atomic mass is 35.5. The highest BCUT2D eigenvalue weighted by Crippen LogP contribution is 2.41. The zero-order valence-corrected chi connectivity index (χ0v) is 21.2. The molecule has 0 saturated carbocycles. The number of nitrogens with one attached hydrogen (secondary N) is 1. The number of likely N-dealkylation sites (tertiary alicyclic amines) is 1. The lowest BCUT2D eigenvalue weighted by Crippen LogP contribution is -2.41. The van der Waals surface area contributed by atoms with Gasteiger partial charge in [0, 0.05) is 21.8 Å². The molecule has 1 amide bonds. The molecule has 4 rings (SSSR count). The fourth-order valence-corrected chi connectivity index (χ4v) is 5.36. The number of carbonyl (C=O) groups excluding carboxylic acids is 1. The molecule has 0 unspecified atom stereocenters. The van der Waals surface area contributed by atoms with Gasteiger partial charge in [0.2, 0.25) is 10.0 Å². The quantitative estimate of drug-likeness (QED) is 0.454. The normalized spacial score (nSPS) is 17.6. The van der Waals surface area contributed by atoms with Crippen molar-refractivity contribution in [3.05, 3.63) is 82.9 Å². The van der Waals surface area contributed by atoms with Gasteiger partial charge >= 0.3 is 5.97 Å². The maximum atomic E-state index is 13.6. The van der Waals surface area contributed by atoms with E-state index in [4.69, 9.17) is 16.3 Å². The summed E-state index contributed by atoms with van der Waals surface area (Å²) in [4.78, 5) is 27.0. The van der Waals surface area contributed by atoms with Gasteiger partial charge in [0.25, 0.3) is 5.91 Å². The van der Waals surface area contributed by atoms with Gasteiger partial charge in [0.1, 0.15) is 11.8 Å². The minimum atomic E-state index is -3.40. The molecule has 1 saturated heterocycles. The molecule has 1 aliphatic rings. The summed E-state index contributed by atoms with van der Waals surface area (Å²) in [6.07, 6.45) is 1.88. The lowest BCUT2D eigenvalue weighted by molar-refractivity contribution is -0.141. The molecule has 1 fully saturated rings. The molecule has 0 radical (unpaired) electrons. The number of hydrogen-bond acceptors (Lipinski definition) is 5. The van der Waals surface area contributed by atoms with E-state index in [1.807, 2.05) is 12.1 Å². The van der Waals surface area contributed by atoms with Crippen molar-refractivity contribution in [1.29, 1.82) is 0 Å². The van der Waals surface area contributed by atoms with E-state index in [1.54, 1.807) is 54.6 Å². The van der Waals surface area contributed by atoms with Crippen LogP contribution in [0.15, 0.2) is 66.7 Å². The van der Waals surface area contributed by atoms with Crippen molar-refractivity contribution in [3.8, 4) is 16.9 Å². The molecular formula is C26H25ClN2O6S. The van der Waals surface area contributed by atoms with Crippen molar-refractivity contribution >= 4 is 39.2 Å². The van der Waals surface area contributed by atoms with Gasteiger partial charge in [0.15, 0.2) is 0 Å². The second kappa shape index (κ2) is 10.2. The van der Waals surface area contributed by atoms with Crippen molar-refractivity contribution in [2.24, 2.45) is 0 Å². The number of sulfonamides is 1. The van der Waals surface area contributed by atoms with Crippen LogP contribution in [0.25, 0.3) is 11.1 Å². The zero-order chi connectivity index (χ0) is 26.0. The van der Waals surface area contributed by atoms with E-state index in [-0.39, 0.29) is 5.56 Å². The summed E-state index contributed by atoms with van der Waals surface area (Å²) in [6.45, 7) is 0. The smallest absolute Gasteiger partial charge is 0.326 e. The monoisotopic (exact) mass is 528 g/mol. The van der Waals surface area contributed by atoms with Crippen molar-refractivity contribution in [2.75, 3.05) is 18.1 Å². The molecule has 36 heavy (non-hydrogen) atoms. The highest BCUT2D eigenvalue weighted by molar-refractivity contribution is 7.92. The molecule has 0 bridgehead atoms. The first-order valence-electron chi connectivity index (χ1n) is 11.1. The summed E-state index contributed by atoms with van der Waals surface area (Å²) >= 11 is 6.39. The molecule has 8 nitrogen and oxygen atoms in total. The second-order valence-electron chi connectivity index (χ2n) is 8.55. The Morgan fingerprint density at radius 1 is 1.06 bits per heavy atom. The Balaban J connectivity index is 1.67. The molecule has 3 aromatic carbocycles. The number of amides is 1. The van der Waals surface area contributed by atoms with Crippen LogP contribution in [0.2, 0.25) is 5.02 Å². The number of halogens is 1. The topological polar surface area (TPSA) is 113 Å². The van der Waals surface area contributed by atoms with Crippen molar-refractivity contribution in [1.82, 2.24) is 4.90 Å². The summed E-state index contributed by atoms with van der Waals surface area (Å²) in [6, 6.07) is 17.4. The molecule has 3 aromatic rings. The van der Waals surface area contributed by atoms with E-state index in [2.05, 4.69) is 4.72 Å². The van der Waals surface area contributed by atoms with Crippen LogP contribution < -0.4 is 9.46 Å². The minimum Gasteiger partial charge on any atom is -0.496 e. The van der Waals surface area contributed by atoms with Crippen LogP contribution in [-0.4, -0.2) is 49.7 Å². The largest absolute Gasteiger partial charge is 0.496 e. The first-order chi connectivity index (χ1) is 17.1. The molecule has 188 valence electrons. The van der Waals surface area contributed by atoms with E-state index in [1.165, 1.54) is 12.0 Å². The Morgan fingerprint density at radius 2 is 1.75 bits per heavy atom. The van der Waals surface area contributed by atoms with Gasteiger partial charge < -0.3 is 14.7 Å². The molecule has 10 heteroatoms. The minimum absolute atomic E-state index is 0.288. The van der Waals surface area contributed by atoms with Gasteiger partial charge in [-0.2, -0.15) is 0 Å². The van der Waals surface area contributed by atoms with Crippen LogP contribution >= 0.6 is 11.6 Å². The number of carboxylic acid groups (broad SMARTS) is 1. The maximum absolute atomic E-state index is 13.6. The lowest BCUT2D eigenvalue weighted by Gasteiger charge is -2.29. The predicted octanol–water partition coefficient (Wildman–Crippen LogP) is 4.82. The summed E-state index contributed by atoms with van der Waals surface area (Å²) in [5.74, 6) is -1.07. The second-order valence-corrected chi connectivity index (χ2v) is 10.7. The van der Waals surface area contributed by atoms with E-state index >= 15 is 0 Å². The van der Waals surface area contributed by atoms with Gasteiger partial charge in [-0.1, -0.05) is 41.9 Å². The van der Waals surface area contributed by atoms with Crippen LogP contribution in [0.4, 0.5) is 5.69 Å². The van der Waals surface area contributed by atoms with Gasteiger partial charge in [-0.25, -0.2) is 13.2 Å². The average Bonchev–Trinajstić information content (AvgIpc) is 3.28. The molecule has 0 aliphatic carbocycles. The van der Waals surface area contributed by atoms with Crippen LogP contribution in [-0.2, 0) is 14.8 Å². The van der Waals surface area contributed by atoms with Gasteiger partial charge in [0.05, 0.1) is 19.4 Å². The predicted molar refractivity (Wildman–Crippen MR) is 138 cm³/mol. The lowest BCUT2D eigenvalue weighted by atomic mass is 10.0. The number of carbonyl (C=O) groups is 2. The average molecular weight is 529 g/mol. The molecule has 1 heterocycles. The molecule has 2 atom stereocenters. The van der Waals surface area contributed by atoms with Crippen molar-refractivity contribution < 1.29 is 27.9 Å². The fraction of sp³-hybridized carbons (Fsp3) is 0.231. The van der Waals surface area contributed by atoms with Gasteiger partial charge in [-0.3, -0.25) is 9.52 Å². The third kappa shape index (κ3) is 5.32. The number of anilines is 1. The van der Waals surface area contributed by atoms with Crippen LogP contribution in [0, 0.1) is 0 Å². The molecular weight excluding hydrogens is 504 g/mol. The summed E-state index contributed by atoms with van der Waals surface area (Å²) in [5, 5.41) is 10.3. The number of aliphatic carboxylic acids is 1. The fourth-order valence-electron chi connectivity index (χ4n) is 4.53. The van der Waals surface area contributed by atoms with Crippen molar-refractivity contribution in [3.63, 3.8) is 0 Å². The van der Waals surface area contributed by atoms with E-state index in [0.29, 0.717) is 40.4 Å². The third-order valence-corrected chi connectivity index (χ3v) is 7.07. The number of methoxy groups -OCH3 is 1. The van der Waals surface area contributed by atoms with Crippen LogP contribution in [0.3, 0.4) is 0 Å². The SMILES string of the molecule is COc1cc(C(=O)N2[C@@H](c3ccccc3Cl)CC[C@H]2C(=O)O)ccc1-c1ccc(NS(C)(=O)=O)cc1. The van der Waals surface area contributed by atoms with Gasteiger partial charge in [-0.05, 0) is 60.4 Å². The Morgan fingerprint density at radius 3 is 2.36 bits per heavy atom.